The molecule has 0 radical (unpaired) electrons. The SMILES string of the molecule is CC(C)(C)c1ccc(-c2c(-c3ccccc3)nc3cccc(-c4ccc(C(C)(C)C)cc4)c3c2-c2ccc(C(C)(C)C)cc2)cc1. The molecule has 0 fully saturated rings. The van der Waals surface area contributed by atoms with E-state index in [0.29, 0.717) is 0 Å². The molecule has 0 bridgehead atoms. The number of hydrogen-bond donors (Lipinski definition) is 0. The van der Waals surface area contributed by atoms with Crippen LogP contribution >= 0.6 is 0 Å². The van der Waals surface area contributed by atoms with Gasteiger partial charge in [-0.15, -0.1) is 0 Å². The molecule has 0 spiro atoms. The van der Waals surface area contributed by atoms with Crippen molar-refractivity contribution in [3.05, 3.63) is 138 Å². The van der Waals surface area contributed by atoms with Gasteiger partial charge in [-0.2, -0.15) is 0 Å². The van der Waals surface area contributed by atoms with Gasteiger partial charge in [0.05, 0.1) is 11.2 Å². The summed E-state index contributed by atoms with van der Waals surface area (Å²) in [6.45, 7) is 20.5. The summed E-state index contributed by atoms with van der Waals surface area (Å²) in [4.78, 5) is 5.48. The maximum absolute atomic E-state index is 5.48. The van der Waals surface area contributed by atoms with Crippen molar-refractivity contribution in [1.29, 1.82) is 0 Å². The fraction of sp³-hybridized carbons (Fsp3) is 0.267. The van der Waals surface area contributed by atoms with Crippen LogP contribution < -0.4 is 0 Å². The third kappa shape index (κ3) is 6.16. The quantitative estimate of drug-likeness (QED) is 0.196. The zero-order valence-electron chi connectivity index (χ0n) is 29.0. The van der Waals surface area contributed by atoms with Gasteiger partial charge in [0.15, 0.2) is 0 Å². The van der Waals surface area contributed by atoms with Gasteiger partial charge in [-0.05, 0) is 61.3 Å². The van der Waals surface area contributed by atoms with Crippen LogP contribution in [0.3, 0.4) is 0 Å². The van der Waals surface area contributed by atoms with Crippen molar-refractivity contribution < 1.29 is 0 Å². The summed E-state index contributed by atoms with van der Waals surface area (Å²) in [6, 6.07) is 44.8. The van der Waals surface area contributed by atoms with E-state index < -0.39 is 0 Å². The highest BCUT2D eigenvalue weighted by molar-refractivity contribution is 6.12. The van der Waals surface area contributed by atoms with Crippen molar-refractivity contribution >= 4 is 10.9 Å². The lowest BCUT2D eigenvalue weighted by Gasteiger charge is -2.24. The molecule has 1 aromatic heterocycles. The van der Waals surface area contributed by atoms with E-state index in [0.717, 1.165) is 16.8 Å². The molecule has 0 saturated heterocycles. The molecule has 0 aliphatic heterocycles. The molecule has 0 amide bonds. The summed E-state index contributed by atoms with van der Waals surface area (Å²) in [5.74, 6) is 0. The zero-order chi connectivity index (χ0) is 32.9. The highest BCUT2D eigenvalue weighted by atomic mass is 14.7. The van der Waals surface area contributed by atoms with Gasteiger partial charge in [0, 0.05) is 22.1 Å². The van der Waals surface area contributed by atoms with Crippen molar-refractivity contribution in [3.63, 3.8) is 0 Å². The first-order chi connectivity index (χ1) is 21.7. The second-order valence-electron chi connectivity index (χ2n) is 15.8. The van der Waals surface area contributed by atoms with E-state index in [2.05, 4.69) is 184 Å². The number of aromatic nitrogens is 1. The minimum absolute atomic E-state index is 0.0691. The van der Waals surface area contributed by atoms with Gasteiger partial charge >= 0.3 is 0 Å². The van der Waals surface area contributed by atoms with E-state index >= 15 is 0 Å². The predicted molar refractivity (Wildman–Crippen MR) is 200 cm³/mol. The fourth-order valence-electron chi connectivity index (χ4n) is 6.35. The Hall–Kier alpha value is -4.49. The lowest BCUT2D eigenvalue weighted by atomic mass is 9.81. The van der Waals surface area contributed by atoms with Crippen LogP contribution in [0.15, 0.2) is 121 Å². The Labute approximate surface area is 276 Å². The van der Waals surface area contributed by atoms with E-state index in [-0.39, 0.29) is 16.2 Å². The van der Waals surface area contributed by atoms with Crippen LogP contribution in [-0.4, -0.2) is 4.98 Å². The topological polar surface area (TPSA) is 12.9 Å². The fourth-order valence-corrected chi connectivity index (χ4v) is 6.35. The summed E-state index contributed by atoms with van der Waals surface area (Å²) in [7, 11) is 0. The number of hydrogen-bond acceptors (Lipinski definition) is 1. The molecule has 0 N–H and O–H groups in total. The zero-order valence-corrected chi connectivity index (χ0v) is 29.0. The summed E-state index contributed by atoms with van der Waals surface area (Å²) in [6.07, 6.45) is 0. The average Bonchev–Trinajstić information content (AvgIpc) is 3.03. The second-order valence-corrected chi connectivity index (χ2v) is 15.8. The molecule has 0 aliphatic rings. The molecule has 1 heterocycles. The average molecular weight is 602 g/mol. The van der Waals surface area contributed by atoms with E-state index in [1.54, 1.807) is 0 Å². The standard InChI is InChI=1S/C45H47N/c1-43(2,3)34-24-18-30(19-25-34)37-16-13-17-38-41(37)39(31-20-26-35(27-21-31)44(4,5)6)40(42(46-38)33-14-11-10-12-15-33)32-22-28-36(29-23-32)45(7,8)9/h10-29H,1-9H3. The smallest absolute Gasteiger partial charge is 0.0794 e. The van der Waals surface area contributed by atoms with Gasteiger partial charge in [0.1, 0.15) is 0 Å². The van der Waals surface area contributed by atoms with Crippen molar-refractivity contribution in [1.82, 2.24) is 4.98 Å². The second kappa shape index (κ2) is 11.7. The van der Waals surface area contributed by atoms with Crippen LogP contribution in [0.25, 0.3) is 55.5 Å². The molecule has 0 unspecified atom stereocenters. The lowest BCUT2D eigenvalue weighted by molar-refractivity contribution is 0.590. The number of rotatable bonds is 4. The maximum atomic E-state index is 5.48. The molecule has 0 atom stereocenters. The number of pyridine rings is 1. The minimum atomic E-state index is 0.0691. The van der Waals surface area contributed by atoms with Crippen molar-refractivity contribution in [2.75, 3.05) is 0 Å². The van der Waals surface area contributed by atoms with Crippen molar-refractivity contribution in [2.45, 2.75) is 78.6 Å². The Morgan fingerprint density at radius 1 is 0.370 bits per heavy atom. The van der Waals surface area contributed by atoms with Gasteiger partial charge in [0.2, 0.25) is 0 Å². The molecule has 1 heteroatoms. The van der Waals surface area contributed by atoms with Gasteiger partial charge in [-0.3, -0.25) is 0 Å². The van der Waals surface area contributed by atoms with Gasteiger partial charge < -0.3 is 0 Å². The van der Waals surface area contributed by atoms with E-state index in [4.69, 9.17) is 4.98 Å². The highest BCUT2D eigenvalue weighted by Crippen LogP contribution is 2.47. The predicted octanol–water partition coefficient (Wildman–Crippen LogP) is 12.8. The maximum Gasteiger partial charge on any atom is 0.0794 e. The highest BCUT2D eigenvalue weighted by Gasteiger charge is 2.24. The summed E-state index contributed by atoms with van der Waals surface area (Å²) in [5, 5.41) is 1.18. The first kappa shape index (κ1) is 31.5. The van der Waals surface area contributed by atoms with Gasteiger partial charge in [0.25, 0.3) is 0 Å². The lowest BCUT2D eigenvalue weighted by Crippen LogP contribution is -2.11. The summed E-state index contributed by atoms with van der Waals surface area (Å²) in [5.41, 5.74) is 14.5. The molecular weight excluding hydrogens is 555 g/mol. The molecule has 232 valence electrons. The van der Waals surface area contributed by atoms with E-state index in [9.17, 15) is 0 Å². The first-order valence-electron chi connectivity index (χ1n) is 16.6. The Morgan fingerprint density at radius 2 is 0.804 bits per heavy atom. The minimum Gasteiger partial charge on any atom is -0.247 e. The van der Waals surface area contributed by atoms with Crippen LogP contribution in [0.5, 0.6) is 0 Å². The van der Waals surface area contributed by atoms with Crippen molar-refractivity contribution in [2.24, 2.45) is 0 Å². The number of benzene rings is 5. The van der Waals surface area contributed by atoms with Crippen LogP contribution in [0.2, 0.25) is 0 Å². The third-order valence-corrected chi connectivity index (χ3v) is 9.20. The Morgan fingerprint density at radius 3 is 1.26 bits per heavy atom. The summed E-state index contributed by atoms with van der Waals surface area (Å²) < 4.78 is 0. The molecule has 5 aromatic carbocycles. The largest absolute Gasteiger partial charge is 0.247 e. The molecule has 0 aliphatic carbocycles. The molecule has 6 aromatic rings. The van der Waals surface area contributed by atoms with E-state index in [1.807, 2.05) is 0 Å². The van der Waals surface area contributed by atoms with Gasteiger partial charge in [-0.1, -0.05) is 178 Å². The molecule has 0 saturated carbocycles. The van der Waals surface area contributed by atoms with Crippen LogP contribution in [0, 0.1) is 0 Å². The summed E-state index contributed by atoms with van der Waals surface area (Å²) >= 11 is 0. The third-order valence-electron chi connectivity index (χ3n) is 9.20. The van der Waals surface area contributed by atoms with Gasteiger partial charge in [-0.25, -0.2) is 4.98 Å². The number of fused-ring (bicyclic) bond motifs is 1. The van der Waals surface area contributed by atoms with Crippen LogP contribution in [-0.2, 0) is 16.2 Å². The first-order valence-corrected chi connectivity index (χ1v) is 16.6. The van der Waals surface area contributed by atoms with Crippen LogP contribution in [0.4, 0.5) is 0 Å². The van der Waals surface area contributed by atoms with E-state index in [1.165, 1.54) is 55.5 Å². The Bertz CT molecular complexity index is 1970. The number of nitrogens with zero attached hydrogens (tertiary/aromatic N) is 1. The molecular formula is C45H47N. The molecule has 1 nitrogen and oxygen atoms in total. The molecule has 46 heavy (non-hydrogen) atoms. The van der Waals surface area contributed by atoms with Crippen molar-refractivity contribution in [3.8, 4) is 44.6 Å². The monoisotopic (exact) mass is 601 g/mol. The Kier molecular flexibility index (Phi) is 8.01. The normalized spacial score (nSPS) is 12.5. The molecule has 6 rings (SSSR count). The van der Waals surface area contributed by atoms with Crippen LogP contribution in [0.1, 0.15) is 79.0 Å². The Balaban J connectivity index is 1.74.